The Bertz CT molecular complexity index is 189. The molecule has 1 aliphatic heterocycles. The zero-order valence-corrected chi connectivity index (χ0v) is 7.05. The number of hydrogen-bond donors (Lipinski definition) is 1. The topological polar surface area (TPSA) is 32.3 Å². The van der Waals surface area contributed by atoms with Crippen LogP contribution in [0.5, 0.6) is 0 Å². The molecule has 0 aromatic rings. The average Bonchev–Trinajstić information content (AvgIpc) is 1.94. The molecule has 0 saturated carbocycles. The minimum Gasteiger partial charge on any atom is -0.343 e. The number of nitrogens with one attached hydrogen (secondary N) is 1. The van der Waals surface area contributed by atoms with Crippen LogP contribution in [0.2, 0.25) is 0 Å². The zero-order chi connectivity index (χ0) is 8.43. The number of amides is 1. The largest absolute Gasteiger partial charge is 0.343 e. The summed E-state index contributed by atoms with van der Waals surface area (Å²) < 4.78 is 0. The highest BCUT2D eigenvalue weighted by Crippen LogP contribution is 2.04. The predicted molar refractivity (Wildman–Crippen MR) is 44.2 cm³/mol. The van der Waals surface area contributed by atoms with E-state index in [1.165, 1.54) is 0 Å². The molecule has 0 bridgehead atoms. The smallest absolute Gasteiger partial charge is 0.236 e. The van der Waals surface area contributed by atoms with E-state index in [-0.39, 0.29) is 11.9 Å². The van der Waals surface area contributed by atoms with Crippen molar-refractivity contribution in [3.05, 3.63) is 12.2 Å². The van der Waals surface area contributed by atoms with Gasteiger partial charge in [0, 0.05) is 19.6 Å². The lowest BCUT2D eigenvalue weighted by molar-refractivity contribution is -0.131. The second kappa shape index (κ2) is 3.05. The number of likely N-dealkylation sites (N-methyl/N-ethyl adjacent to an activating group) is 1. The molecule has 0 aromatic carbocycles. The zero-order valence-electron chi connectivity index (χ0n) is 7.05. The summed E-state index contributed by atoms with van der Waals surface area (Å²) in [6.45, 7) is 6.99. The third kappa shape index (κ3) is 1.80. The number of hydrogen-bond acceptors (Lipinski definition) is 2. The predicted octanol–water partition coefficient (Wildman–Crippen LogP) is -0.00730. The van der Waals surface area contributed by atoms with Gasteiger partial charge < -0.3 is 10.2 Å². The molecule has 1 aliphatic rings. The Kier molecular flexibility index (Phi) is 2.29. The molecule has 0 aliphatic carbocycles. The molecule has 3 heteroatoms. The monoisotopic (exact) mass is 154 g/mol. The van der Waals surface area contributed by atoms with Gasteiger partial charge in [-0.3, -0.25) is 4.79 Å². The van der Waals surface area contributed by atoms with Gasteiger partial charge in [0.05, 0.1) is 6.54 Å². The van der Waals surface area contributed by atoms with E-state index < -0.39 is 0 Å². The summed E-state index contributed by atoms with van der Waals surface area (Å²) in [4.78, 5) is 12.7. The summed E-state index contributed by atoms with van der Waals surface area (Å²) in [5.74, 6) is 0.155. The minimum absolute atomic E-state index is 0.155. The normalized spacial score (nSPS) is 25.5. The first-order chi connectivity index (χ1) is 5.11. The molecule has 0 aromatic heterocycles. The lowest BCUT2D eigenvalue weighted by Gasteiger charge is -2.30. The molecule has 0 spiro atoms. The van der Waals surface area contributed by atoms with Gasteiger partial charge in [-0.05, 0) is 6.92 Å². The molecular formula is C8H14N2O. The van der Waals surface area contributed by atoms with Crippen LogP contribution >= 0.6 is 0 Å². The van der Waals surface area contributed by atoms with E-state index in [1.807, 2.05) is 14.0 Å². The molecule has 62 valence electrons. The third-order valence-electron chi connectivity index (χ3n) is 1.98. The van der Waals surface area contributed by atoms with Crippen molar-refractivity contribution >= 4 is 5.91 Å². The molecule has 1 amide bonds. The van der Waals surface area contributed by atoms with Gasteiger partial charge in [0.25, 0.3) is 0 Å². The summed E-state index contributed by atoms with van der Waals surface area (Å²) in [7, 11) is 1.82. The van der Waals surface area contributed by atoms with Crippen LogP contribution in [0.4, 0.5) is 0 Å². The SMILES string of the molecule is C=C(C)C1CN(C)C(=O)CN1. The van der Waals surface area contributed by atoms with Gasteiger partial charge >= 0.3 is 0 Å². The van der Waals surface area contributed by atoms with Crippen molar-refractivity contribution < 1.29 is 4.79 Å². The van der Waals surface area contributed by atoms with Crippen molar-refractivity contribution in [2.45, 2.75) is 13.0 Å². The molecule has 1 saturated heterocycles. The summed E-state index contributed by atoms with van der Waals surface area (Å²) in [5, 5.41) is 3.11. The van der Waals surface area contributed by atoms with Crippen LogP contribution in [0.3, 0.4) is 0 Å². The Morgan fingerprint density at radius 1 is 1.82 bits per heavy atom. The van der Waals surface area contributed by atoms with E-state index in [0.717, 1.165) is 12.1 Å². The van der Waals surface area contributed by atoms with Crippen molar-refractivity contribution in [3.63, 3.8) is 0 Å². The first-order valence-electron chi connectivity index (χ1n) is 3.74. The fraction of sp³-hybridized carbons (Fsp3) is 0.625. The van der Waals surface area contributed by atoms with Gasteiger partial charge in [-0.25, -0.2) is 0 Å². The van der Waals surface area contributed by atoms with Gasteiger partial charge in [-0.1, -0.05) is 12.2 Å². The van der Waals surface area contributed by atoms with E-state index in [0.29, 0.717) is 6.54 Å². The molecule has 1 N–H and O–H groups in total. The van der Waals surface area contributed by atoms with Crippen LogP contribution in [-0.4, -0.2) is 37.0 Å². The second-order valence-electron chi connectivity index (χ2n) is 3.05. The van der Waals surface area contributed by atoms with Crippen molar-refractivity contribution in [1.29, 1.82) is 0 Å². The Balaban J connectivity index is 2.52. The van der Waals surface area contributed by atoms with Gasteiger partial charge in [-0.15, -0.1) is 0 Å². The van der Waals surface area contributed by atoms with Gasteiger partial charge in [0.2, 0.25) is 5.91 Å². The molecule has 0 radical (unpaired) electrons. The summed E-state index contributed by atoms with van der Waals surface area (Å²) in [6, 6.07) is 0.276. The lowest BCUT2D eigenvalue weighted by Crippen LogP contribution is -2.52. The molecule has 1 heterocycles. The molecule has 3 nitrogen and oxygen atoms in total. The van der Waals surface area contributed by atoms with Crippen LogP contribution < -0.4 is 5.32 Å². The van der Waals surface area contributed by atoms with E-state index in [2.05, 4.69) is 11.9 Å². The number of rotatable bonds is 1. The highest BCUT2D eigenvalue weighted by atomic mass is 16.2. The first kappa shape index (κ1) is 8.27. The molecule has 1 rings (SSSR count). The van der Waals surface area contributed by atoms with Crippen molar-refractivity contribution in [2.24, 2.45) is 0 Å². The quantitative estimate of drug-likeness (QED) is 0.539. The van der Waals surface area contributed by atoms with Crippen LogP contribution in [-0.2, 0) is 4.79 Å². The summed E-state index contributed by atoms with van der Waals surface area (Å²) >= 11 is 0. The van der Waals surface area contributed by atoms with E-state index in [4.69, 9.17) is 0 Å². The highest BCUT2D eigenvalue weighted by molar-refractivity contribution is 5.79. The molecule has 1 fully saturated rings. The summed E-state index contributed by atoms with van der Waals surface area (Å²) in [5.41, 5.74) is 1.09. The van der Waals surface area contributed by atoms with E-state index in [1.54, 1.807) is 4.90 Å². The Labute approximate surface area is 67.1 Å². The van der Waals surface area contributed by atoms with Gasteiger partial charge in [0.1, 0.15) is 0 Å². The molecule has 1 atom stereocenters. The fourth-order valence-corrected chi connectivity index (χ4v) is 1.12. The highest BCUT2D eigenvalue weighted by Gasteiger charge is 2.21. The van der Waals surface area contributed by atoms with Crippen molar-refractivity contribution in [1.82, 2.24) is 10.2 Å². The van der Waals surface area contributed by atoms with Crippen molar-refractivity contribution in [3.8, 4) is 0 Å². The summed E-state index contributed by atoms with van der Waals surface area (Å²) in [6.07, 6.45) is 0. The average molecular weight is 154 g/mol. The van der Waals surface area contributed by atoms with E-state index >= 15 is 0 Å². The fourth-order valence-electron chi connectivity index (χ4n) is 1.12. The van der Waals surface area contributed by atoms with Gasteiger partial charge in [-0.2, -0.15) is 0 Å². The molecule has 11 heavy (non-hydrogen) atoms. The van der Waals surface area contributed by atoms with Crippen LogP contribution in [0, 0.1) is 0 Å². The number of piperazine rings is 1. The lowest BCUT2D eigenvalue weighted by atomic mass is 10.1. The van der Waals surface area contributed by atoms with Crippen LogP contribution in [0.25, 0.3) is 0 Å². The third-order valence-corrected chi connectivity index (χ3v) is 1.98. The van der Waals surface area contributed by atoms with Gasteiger partial charge in [0.15, 0.2) is 0 Å². The second-order valence-corrected chi connectivity index (χ2v) is 3.05. The maximum atomic E-state index is 11.0. The Morgan fingerprint density at radius 2 is 2.45 bits per heavy atom. The number of carbonyl (C=O) groups is 1. The number of carbonyl (C=O) groups excluding carboxylic acids is 1. The van der Waals surface area contributed by atoms with Crippen molar-refractivity contribution in [2.75, 3.05) is 20.1 Å². The molecular weight excluding hydrogens is 140 g/mol. The van der Waals surface area contributed by atoms with Crippen LogP contribution in [0.15, 0.2) is 12.2 Å². The Morgan fingerprint density at radius 3 is 2.91 bits per heavy atom. The van der Waals surface area contributed by atoms with Crippen LogP contribution in [0.1, 0.15) is 6.92 Å². The molecule has 1 unspecified atom stereocenters. The Hall–Kier alpha value is -0.830. The maximum absolute atomic E-state index is 11.0. The van der Waals surface area contributed by atoms with E-state index in [9.17, 15) is 4.79 Å². The maximum Gasteiger partial charge on any atom is 0.236 e. The first-order valence-corrected chi connectivity index (χ1v) is 3.74. The standard InChI is InChI=1S/C8H14N2O/c1-6(2)7-5-10(3)8(11)4-9-7/h7,9H,1,4-5H2,2-3H3. The minimum atomic E-state index is 0.155. The number of nitrogens with zero attached hydrogens (tertiary/aromatic N) is 1.